The highest BCUT2D eigenvalue weighted by atomic mass is 16.5. The van der Waals surface area contributed by atoms with Gasteiger partial charge in [0.25, 0.3) is 0 Å². The molecule has 2 aromatic rings. The number of aliphatic carboxylic acids is 1. The van der Waals surface area contributed by atoms with Crippen LogP contribution in [0.2, 0.25) is 0 Å². The number of benzene rings is 1. The van der Waals surface area contributed by atoms with Gasteiger partial charge < -0.3 is 15.2 Å². The third-order valence-electron chi connectivity index (χ3n) is 3.64. The Morgan fingerprint density at radius 3 is 2.85 bits per heavy atom. The van der Waals surface area contributed by atoms with E-state index < -0.39 is 12.0 Å². The van der Waals surface area contributed by atoms with Crippen LogP contribution in [0.25, 0.3) is 10.8 Å². The van der Waals surface area contributed by atoms with Crippen LogP contribution in [-0.4, -0.2) is 29.2 Å². The van der Waals surface area contributed by atoms with Crippen molar-refractivity contribution < 1.29 is 14.6 Å². The van der Waals surface area contributed by atoms with Crippen LogP contribution in [-0.2, 0) is 4.79 Å². The lowest BCUT2D eigenvalue weighted by atomic mass is 10.1. The van der Waals surface area contributed by atoms with Gasteiger partial charge in [-0.2, -0.15) is 0 Å². The molecule has 1 aliphatic rings. The van der Waals surface area contributed by atoms with E-state index in [2.05, 4.69) is 10.3 Å². The standard InChI is InChI=1S/C15H16N2O3/c1-20-12-4-2-3-11-10(12)7-8-16-14(11)17-13(15(18)19)9-5-6-9/h2-4,7-9,13H,5-6H2,1H3,(H,16,17)(H,18,19). The second kappa shape index (κ2) is 5.00. The van der Waals surface area contributed by atoms with E-state index in [1.807, 2.05) is 24.3 Å². The summed E-state index contributed by atoms with van der Waals surface area (Å²) in [6.07, 6.45) is 3.58. The number of carbonyl (C=O) groups is 1. The van der Waals surface area contributed by atoms with Crippen molar-refractivity contribution in [1.29, 1.82) is 0 Å². The van der Waals surface area contributed by atoms with Crippen molar-refractivity contribution in [3.05, 3.63) is 30.5 Å². The van der Waals surface area contributed by atoms with Crippen molar-refractivity contribution in [2.45, 2.75) is 18.9 Å². The van der Waals surface area contributed by atoms with E-state index in [4.69, 9.17) is 4.74 Å². The first-order valence-corrected chi connectivity index (χ1v) is 6.62. The number of nitrogens with one attached hydrogen (secondary N) is 1. The summed E-state index contributed by atoms with van der Waals surface area (Å²) < 4.78 is 5.32. The first-order valence-electron chi connectivity index (χ1n) is 6.62. The lowest BCUT2D eigenvalue weighted by molar-refractivity contribution is -0.138. The first-order chi connectivity index (χ1) is 9.70. The number of fused-ring (bicyclic) bond motifs is 1. The molecule has 0 aliphatic heterocycles. The summed E-state index contributed by atoms with van der Waals surface area (Å²) in [7, 11) is 1.62. The number of hydrogen-bond acceptors (Lipinski definition) is 4. The lowest BCUT2D eigenvalue weighted by Crippen LogP contribution is -2.31. The maximum atomic E-state index is 11.3. The molecule has 1 aromatic carbocycles. The summed E-state index contributed by atoms with van der Waals surface area (Å²) in [5.41, 5.74) is 0. The molecule has 0 saturated heterocycles. The Balaban J connectivity index is 2.01. The quantitative estimate of drug-likeness (QED) is 0.875. The summed E-state index contributed by atoms with van der Waals surface area (Å²) in [6.45, 7) is 0. The fourth-order valence-corrected chi connectivity index (χ4v) is 2.43. The van der Waals surface area contributed by atoms with E-state index in [1.54, 1.807) is 13.3 Å². The summed E-state index contributed by atoms with van der Waals surface area (Å²) >= 11 is 0. The van der Waals surface area contributed by atoms with Crippen molar-refractivity contribution in [2.24, 2.45) is 5.92 Å². The highest BCUT2D eigenvalue weighted by Gasteiger charge is 2.36. The molecule has 0 bridgehead atoms. The number of methoxy groups -OCH3 is 1. The van der Waals surface area contributed by atoms with Gasteiger partial charge in [-0.1, -0.05) is 12.1 Å². The minimum Gasteiger partial charge on any atom is -0.496 e. The molecule has 2 N–H and O–H groups in total. The molecule has 5 nitrogen and oxygen atoms in total. The predicted octanol–water partition coefficient (Wildman–Crippen LogP) is 2.52. The average molecular weight is 272 g/mol. The second-order valence-electron chi connectivity index (χ2n) is 5.01. The van der Waals surface area contributed by atoms with Crippen LogP contribution in [0.15, 0.2) is 30.5 Å². The molecule has 1 aromatic heterocycles. The number of nitrogens with zero attached hydrogens (tertiary/aromatic N) is 1. The summed E-state index contributed by atoms with van der Waals surface area (Å²) in [5.74, 6) is 0.733. The van der Waals surface area contributed by atoms with Crippen LogP contribution in [0.4, 0.5) is 5.82 Å². The topological polar surface area (TPSA) is 71.5 Å². The predicted molar refractivity (Wildman–Crippen MR) is 76.1 cm³/mol. The smallest absolute Gasteiger partial charge is 0.326 e. The van der Waals surface area contributed by atoms with Crippen molar-refractivity contribution in [1.82, 2.24) is 4.98 Å². The van der Waals surface area contributed by atoms with E-state index in [0.29, 0.717) is 5.82 Å². The Hall–Kier alpha value is -2.30. The van der Waals surface area contributed by atoms with Gasteiger partial charge in [-0.3, -0.25) is 0 Å². The maximum absolute atomic E-state index is 11.3. The number of carboxylic acids is 1. The van der Waals surface area contributed by atoms with Crippen LogP contribution in [0.3, 0.4) is 0 Å². The normalized spacial score (nSPS) is 15.8. The van der Waals surface area contributed by atoms with Crippen LogP contribution < -0.4 is 10.1 Å². The molecule has 1 atom stereocenters. The fraction of sp³-hybridized carbons (Fsp3) is 0.333. The van der Waals surface area contributed by atoms with Gasteiger partial charge in [0.15, 0.2) is 0 Å². The molecule has 3 rings (SSSR count). The Bertz CT molecular complexity index is 653. The summed E-state index contributed by atoms with van der Waals surface area (Å²) in [4.78, 5) is 15.6. The largest absolute Gasteiger partial charge is 0.496 e. The summed E-state index contributed by atoms with van der Waals surface area (Å²) in [5, 5.41) is 14.2. The molecular formula is C15H16N2O3. The first kappa shape index (κ1) is 12.7. The van der Waals surface area contributed by atoms with Gasteiger partial charge in [0.05, 0.1) is 7.11 Å². The van der Waals surface area contributed by atoms with Gasteiger partial charge >= 0.3 is 5.97 Å². The SMILES string of the molecule is COc1cccc2c(NC(C(=O)O)C3CC3)nccc12. The number of anilines is 1. The Kier molecular flexibility index (Phi) is 3.18. The van der Waals surface area contributed by atoms with E-state index in [9.17, 15) is 9.90 Å². The maximum Gasteiger partial charge on any atom is 0.326 e. The van der Waals surface area contributed by atoms with Crippen LogP contribution in [0.5, 0.6) is 5.75 Å². The zero-order valence-corrected chi connectivity index (χ0v) is 11.2. The van der Waals surface area contributed by atoms with Gasteiger partial charge in [-0.05, 0) is 30.9 Å². The monoisotopic (exact) mass is 272 g/mol. The van der Waals surface area contributed by atoms with Gasteiger partial charge in [0.1, 0.15) is 17.6 Å². The van der Waals surface area contributed by atoms with Gasteiger partial charge in [-0.15, -0.1) is 0 Å². The highest BCUT2D eigenvalue weighted by molar-refractivity contribution is 5.96. The number of hydrogen-bond donors (Lipinski definition) is 2. The zero-order valence-electron chi connectivity index (χ0n) is 11.2. The number of rotatable bonds is 5. The Labute approximate surface area is 116 Å². The van der Waals surface area contributed by atoms with Gasteiger partial charge in [0, 0.05) is 17.0 Å². The molecule has 0 radical (unpaired) electrons. The summed E-state index contributed by atoms with van der Waals surface area (Å²) in [6, 6.07) is 6.97. The van der Waals surface area contributed by atoms with E-state index >= 15 is 0 Å². The molecule has 5 heteroatoms. The Morgan fingerprint density at radius 1 is 1.40 bits per heavy atom. The molecule has 104 valence electrons. The van der Waals surface area contributed by atoms with Crippen LogP contribution >= 0.6 is 0 Å². The number of carboxylic acid groups (broad SMARTS) is 1. The van der Waals surface area contributed by atoms with Crippen molar-refractivity contribution in [3.8, 4) is 5.75 Å². The second-order valence-corrected chi connectivity index (χ2v) is 5.01. The molecule has 1 unspecified atom stereocenters. The van der Waals surface area contributed by atoms with E-state index in [1.165, 1.54) is 0 Å². The van der Waals surface area contributed by atoms with Gasteiger partial charge in [-0.25, -0.2) is 9.78 Å². The minimum atomic E-state index is -0.825. The van der Waals surface area contributed by atoms with Crippen LogP contribution in [0.1, 0.15) is 12.8 Å². The Morgan fingerprint density at radius 2 is 2.20 bits per heavy atom. The molecule has 1 saturated carbocycles. The van der Waals surface area contributed by atoms with E-state index in [-0.39, 0.29) is 5.92 Å². The van der Waals surface area contributed by atoms with Crippen molar-refractivity contribution in [2.75, 3.05) is 12.4 Å². The number of aromatic nitrogens is 1. The molecule has 1 aliphatic carbocycles. The zero-order chi connectivity index (χ0) is 14.1. The van der Waals surface area contributed by atoms with Crippen molar-refractivity contribution in [3.63, 3.8) is 0 Å². The minimum absolute atomic E-state index is 0.204. The fourth-order valence-electron chi connectivity index (χ4n) is 2.43. The molecule has 20 heavy (non-hydrogen) atoms. The molecule has 0 spiro atoms. The molecule has 1 heterocycles. The third kappa shape index (κ3) is 2.27. The molecule has 1 fully saturated rings. The number of pyridine rings is 1. The van der Waals surface area contributed by atoms with Crippen molar-refractivity contribution >= 4 is 22.6 Å². The van der Waals surface area contributed by atoms with E-state index in [0.717, 1.165) is 29.4 Å². The molecule has 0 amide bonds. The van der Waals surface area contributed by atoms with Crippen LogP contribution in [0, 0.1) is 5.92 Å². The third-order valence-corrected chi connectivity index (χ3v) is 3.64. The lowest BCUT2D eigenvalue weighted by Gasteiger charge is -2.16. The molecular weight excluding hydrogens is 256 g/mol. The highest BCUT2D eigenvalue weighted by Crippen LogP contribution is 2.36. The number of ether oxygens (including phenoxy) is 1. The average Bonchev–Trinajstić information content (AvgIpc) is 3.28. The van der Waals surface area contributed by atoms with Gasteiger partial charge in [0.2, 0.25) is 0 Å².